The average molecular weight is 247 g/mol. The van der Waals surface area contributed by atoms with Gasteiger partial charge in [-0.3, -0.25) is 9.98 Å². The van der Waals surface area contributed by atoms with E-state index in [4.69, 9.17) is 5.26 Å². The zero-order chi connectivity index (χ0) is 13.8. The zero-order valence-corrected chi connectivity index (χ0v) is 9.98. The monoisotopic (exact) mass is 247 g/mol. The molecule has 0 bridgehead atoms. The summed E-state index contributed by atoms with van der Waals surface area (Å²) in [7, 11) is 0. The number of nitrogens with zero attached hydrogens (tertiary/aromatic N) is 5. The first-order valence-corrected chi connectivity index (χ1v) is 5.59. The number of aliphatic imine (C=N–C) groups is 2. The summed E-state index contributed by atoms with van der Waals surface area (Å²) in [6.45, 7) is 0. The molecule has 0 atom stereocenters. The quantitative estimate of drug-likeness (QED) is 0.816. The smallest absolute Gasteiger partial charge is 0.208 e. The summed E-state index contributed by atoms with van der Waals surface area (Å²) in [5.41, 5.74) is -2.36. The second-order valence-corrected chi connectivity index (χ2v) is 4.06. The van der Waals surface area contributed by atoms with Crippen LogP contribution in [0.25, 0.3) is 0 Å². The zero-order valence-electron chi connectivity index (χ0n) is 9.98. The molecule has 1 heterocycles. The van der Waals surface area contributed by atoms with E-state index in [9.17, 15) is 10.5 Å². The van der Waals surface area contributed by atoms with E-state index in [0.29, 0.717) is 5.56 Å². The van der Waals surface area contributed by atoms with Crippen LogP contribution in [0.5, 0.6) is 0 Å². The van der Waals surface area contributed by atoms with Gasteiger partial charge in [-0.25, -0.2) is 0 Å². The lowest BCUT2D eigenvalue weighted by atomic mass is 9.72. The van der Waals surface area contributed by atoms with Gasteiger partial charge < -0.3 is 0 Å². The summed E-state index contributed by atoms with van der Waals surface area (Å²) in [5.74, 6) is 0. The first kappa shape index (κ1) is 12.5. The largest absolute Gasteiger partial charge is 0.254 e. The Hall–Kier alpha value is -2.97. The van der Waals surface area contributed by atoms with Crippen LogP contribution < -0.4 is 0 Å². The third-order valence-corrected chi connectivity index (χ3v) is 3.09. The normalized spacial score (nSPS) is 15.4. The Morgan fingerprint density at radius 2 is 1.58 bits per heavy atom. The molecule has 1 aromatic rings. The van der Waals surface area contributed by atoms with Gasteiger partial charge in [-0.1, -0.05) is 30.3 Å². The second-order valence-electron chi connectivity index (χ2n) is 4.06. The molecule has 1 aliphatic rings. The molecular formula is C14H9N5. The molecule has 0 spiro atoms. The van der Waals surface area contributed by atoms with Crippen LogP contribution in [-0.2, 0) is 5.66 Å². The van der Waals surface area contributed by atoms with Crippen LogP contribution in [0.1, 0.15) is 12.0 Å². The number of hydrogen-bond acceptors (Lipinski definition) is 5. The molecule has 5 nitrogen and oxygen atoms in total. The summed E-state index contributed by atoms with van der Waals surface area (Å²) in [5, 5.41) is 27.8. The standard InChI is InChI=1S/C14H9N5/c15-7-6-13(10-16,11-17)14(18-8-9-19-14)12-4-2-1-3-5-12/h1-5,8-9H,6H2. The third kappa shape index (κ3) is 1.68. The van der Waals surface area contributed by atoms with Gasteiger partial charge in [0.1, 0.15) is 0 Å². The summed E-state index contributed by atoms with van der Waals surface area (Å²) in [4.78, 5) is 8.45. The fraction of sp³-hybridized carbons (Fsp3) is 0.214. The van der Waals surface area contributed by atoms with E-state index in [2.05, 4.69) is 9.98 Å². The van der Waals surface area contributed by atoms with Crippen molar-refractivity contribution in [2.45, 2.75) is 12.1 Å². The van der Waals surface area contributed by atoms with E-state index in [1.807, 2.05) is 24.3 Å². The van der Waals surface area contributed by atoms with Crippen LogP contribution in [0, 0.1) is 39.4 Å². The maximum atomic E-state index is 9.42. The van der Waals surface area contributed by atoms with Gasteiger partial charge in [0.2, 0.25) is 11.1 Å². The number of rotatable bonds is 3. The molecule has 0 radical (unpaired) electrons. The molecule has 1 aromatic carbocycles. The Bertz CT molecular complexity index is 626. The molecule has 90 valence electrons. The molecule has 0 aliphatic carbocycles. The lowest BCUT2D eigenvalue weighted by Crippen LogP contribution is -2.40. The molecule has 0 saturated carbocycles. The molecule has 0 unspecified atom stereocenters. The maximum Gasteiger partial charge on any atom is 0.208 e. The minimum atomic E-state index is -1.63. The number of nitriles is 3. The molecular weight excluding hydrogens is 238 g/mol. The van der Waals surface area contributed by atoms with Crippen LogP contribution in [-0.4, -0.2) is 12.4 Å². The van der Waals surface area contributed by atoms with Crippen molar-refractivity contribution in [1.29, 1.82) is 15.8 Å². The van der Waals surface area contributed by atoms with Gasteiger partial charge in [-0.15, -0.1) is 0 Å². The van der Waals surface area contributed by atoms with Gasteiger partial charge in [0.15, 0.2) is 0 Å². The predicted molar refractivity (Wildman–Crippen MR) is 69.0 cm³/mol. The first-order chi connectivity index (χ1) is 9.24. The number of benzene rings is 1. The minimum Gasteiger partial charge on any atom is -0.254 e. The second kappa shape index (κ2) is 4.72. The highest BCUT2D eigenvalue weighted by molar-refractivity contribution is 6.17. The van der Waals surface area contributed by atoms with Gasteiger partial charge in [0.25, 0.3) is 0 Å². The molecule has 0 fully saturated rings. The van der Waals surface area contributed by atoms with Gasteiger partial charge in [-0.2, -0.15) is 15.8 Å². The molecule has 0 amide bonds. The molecule has 5 heteroatoms. The highest BCUT2D eigenvalue weighted by Gasteiger charge is 2.55. The van der Waals surface area contributed by atoms with E-state index >= 15 is 0 Å². The maximum absolute atomic E-state index is 9.42. The highest BCUT2D eigenvalue weighted by atomic mass is 15.1. The number of hydrogen-bond donors (Lipinski definition) is 0. The van der Waals surface area contributed by atoms with Gasteiger partial charge in [0, 0.05) is 18.0 Å². The van der Waals surface area contributed by atoms with Crippen molar-refractivity contribution in [3.63, 3.8) is 0 Å². The summed E-state index contributed by atoms with van der Waals surface area (Å²) < 4.78 is 0. The third-order valence-electron chi connectivity index (χ3n) is 3.09. The Labute approximate surface area is 110 Å². The fourth-order valence-electron chi connectivity index (χ4n) is 2.10. The van der Waals surface area contributed by atoms with E-state index in [0.717, 1.165) is 0 Å². The predicted octanol–water partition coefficient (Wildman–Crippen LogP) is 1.94. The van der Waals surface area contributed by atoms with Crippen molar-refractivity contribution in [2.24, 2.45) is 15.4 Å². The van der Waals surface area contributed by atoms with Crippen molar-refractivity contribution >= 4 is 12.4 Å². The van der Waals surface area contributed by atoms with Crippen LogP contribution >= 0.6 is 0 Å². The van der Waals surface area contributed by atoms with E-state index in [1.165, 1.54) is 12.4 Å². The van der Waals surface area contributed by atoms with Crippen LogP contribution in [0.3, 0.4) is 0 Å². The molecule has 0 aromatic heterocycles. The Morgan fingerprint density at radius 1 is 1.00 bits per heavy atom. The Morgan fingerprint density at radius 3 is 2.05 bits per heavy atom. The molecule has 19 heavy (non-hydrogen) atoms. The summed E-state index contributed by atoms with van der Waals surface area (Å²) in [6.07, 6.45) is 2.64. The van der Waals surface area contributed by atoms with E-state index in [-0.39, 0.29) is 6.42 Å². The van der Waals surface area contributed by atoms with Gasteiger partial charge in [0.05, 0.1) is 24.6 Å². The van der Waals surface area contributed by atoms with Crippen LogP contribution in [0.15, 0.2) is 40.3 Å². The lowest BCUT2D eigenvalue weighted by Gasteiger charge is -2.33. The molecule has 0 N–H and O–H groups in total. The van der Waals surface area contributed by atoms with Crippen LogP contribution in [0.2, 0.25) is 0 Å². The van der Waals surface area contributed by atoms with Crippen molar-refractivity contribution in [1.82, 2.24) is 0 Å². The molecule has 1 aliphatic heterocycles. The van der Waals surface area contributed by atoms with E-state index < -0.39 is 11.1 Å². The Kier molecular flexibility index (Phi) is 3.10. The van der Waals surface area contributed by atoms with Gasteiger partial charge >= 0.3 is 0 Å². The highest BCUT2D eigenvalue weighted by Crippen LogP contribution is 2.47. The minimum absolute atomic E-state index is 0.260. The lowest BCUT2D eigenvalue weighted by molar-refractivity contribution is 0.282. The van der Waals surface area contributed by atoms with Crippen LogP contribution in [0.4, 0.5) is 0 Å². The molecule has 0 saturated heterocycles. The van der Waals surface area contributed by atoms with Crippen molar-refractivity contribution in [2.75, 3.05) is 0 Å². The fourth-order valence-corrected chi connectivity index (χ4v) is 2.10. The topological polar surface area (TPSA) is 96.1 Å². The first-order valence-electron chi connectivity index (χ1n) is 5.59. The SMILES string of the molecule is N#CCC(C#N)(C#N)C1(c2ccccc2)N=CC=N1. The van der Waals surface area contributed by atoms with Crippen molar-refractivity contribution in [3.8, 4) is 18.2 Å². The van der Waals surface area contributed by atoms with Crippen molar-refractivity contribution in [3.05, 3.63) is 35.9 Å². The Balaban J connectivity index is 2.70. The van der Waals surface area contributed by atoms with Crippen molar-refractivity contribution < 1.29 is 0 Å². The summed E-state index contributed by atoms with van der Waals surface area (Å²) in [6, 6.07) is 14.7. The average Bonchev–Trinajstić information content (AvgIpc) is 2.97. The summed E-state index contributed by atoms with van der Waals surface area (Å²) >= 11 is 0. The van der Waals surface area contributed by atoms with Gasteiger partial charge in [-0.05, 0) is 0 Å². The molecule has 2 rings (SSSR count). The van der Waals surface area contributed by atoms with E-state index in [1.54, 1.807) is 24.3 Å².